The molecule has 6 nitrogen and oxygen atoms in total. The number of urea groups is 1. The van der Waals surface area contributed by atoms with Crippen molar-refractivity contribution in [2.75, 3.05) is 59.5 Å². The molecule has 2 heterocycles. The van der Waals surface area contributed by atoms with Crippen molar-refractivity contribution in [1.82, 2.24) is 20.0 Å². The molecule has 1 atom stereocenters. The molecule has 2 fully saturated rings. The summed E-state index contributed by atoms with van der Waals surface area (Å²) in [5.41, 5.74) is 1.04. The van der Waals surface area contributed by atoms with Crippen molar-refractivity contribution in [3.05, 3.63) is 29.8 Å². The Balaban J connectivity index is 1.46. The molecule has 2 amide bonds. The number of piperidine rings is 1. The van der Waals surface area contributed by atoms with Crippen LogP contribution in [0.1, 0.15) is 31.7 Å². The Hall–Kier alpha value is -1.79. The van der Waals surface area contributed by atoms with Gasteiger partial charge in [-0.05, 0) is 38.3 Å². The molecule has 0 aromatic heterocycles. The van der Waals surface area contributed by atoms with Gasteiger partial charge in [0.1, 0.15) is 5.75 Å². The maximum atomic E-state index is 12.7. The fourth-order valence-corrected chi connectivity index (χ4v) is 4.08. The van der Waals surface area contributed by atoms with Crippen LogP contribution in [-0.2, 0) is 6.54 Å². The van der Waals surface area contributed by atoms with Gasteiger partial charge in [0.05, 0.1) is 6.61 Å². The number of nitrogens with zero attached hydrogens (tertiary/aromatic N) is 3. The molecule has 2 aliphatic rings. The lowest BCUT2D eigenvalue weighted by molar-refractivity contribution is 0.106. The summed E-state index contributed by atoms with van der Waals surface area (Å²) in [7, 11) is 2.19. The number of hydrogen-bond donors (Lipinski definition) is 1. The Kier molecular flexibility index (Phi) is 7.98. The average molecular weight is 389 g/mol. The zero-order valence-electron chi connectivity index (χ0n) is 17.5. The minimum absolute atomic E-state index is 0.0494. The van der Waals surface area contributed by atoms with Crippen LogP contribution in [0.4, 0.5) is 4.79 Å². The molecule has 1 aromatic carbocycles. The van der Waals surface area contributed by atoms with E-state index in [9.17, 15) is 4.79 Å². The van der Waals surface area contributed by atoms with E-state index in [-0.39, 0.29) is 6.03 Å². The van der Waals surface area contributed by atoms with Crippen LogP contribution < -0.4 is 10.1 Å². The Bertz CT molecular complexity index is 616. The number of carbonyl (C=O) groups is 1. The third-order valence-corrected chi connectivity index (χ3v) is 5.78. The second-order valence-corrected chi connectivity index (χ2v) is 8.17. The molecule has 0 saturated carbocycles. The van der Waals surface area contributed by atoms with Gasteiger partial charge in [0.15, 0.2) is 0 Å². The van der Waals surface area contributed by atoms with Crippen LogP contribution in [-0.4, -0.2) is 80.2 Å². The zero-order chi connectivity index (χ0) is 19.8. The van der Waals surface area contributed by atoms with Crippen LogP contribution in [0.3, 0.4) is 0 Å². The number of amides is 2. The normalized spacial score (nSPS) is 21.5. The number of likely N-dealkylation sites (N-methyl/N-ethyl adjacent to an activating group) is 1. The molecular formula is C22H36N4O2. The number of rotatable bonds is 7. The molecule has 1 unspecified atom stereocenters. The van der Waals surface area contributed by atoms with Gasteiger partial charge in [-0.1, -0.05) is 25.1 Å². The number of hydrogen-bond acceptors (Lipinski definition) is 4. The van der Waals surface area contributed by atoms with Gasteiger partial charge < -0.3 is 24.8 Å². The summed E-state index contributed by atoms with van der Waals surface area (Å²) < 4.78 is 5.80. The van der Waals surface area contributed by atoms with Crippen LogP contribution in [0.15, 0.2) is 24.3 Å². The number of piperazine rings is 1. The summed E-state index contributed by atoms with van der Waals surface area (Å²) in [5, 5.41) is 3.10. The SMILES string of the molecule is CCCOc1ccccc1CNC(=O)N1CCCC(CN2CCN(C)CC2)C1. The molecule has 156 valence electrons. The van der Waals surface area contributed by atoms with E-state index in [4.69, 9.17) is 4.74 Å². The lowest BCUT2D eigenvalue weighted by Gasteiger charge is -2.38. The highest BCUT2D eigenvalue weighted by Crippen LogP contribution is 2.20. The molecule has 1 N–H and O–H groups in total. The molecule has 2 saturated heterocycles. The summed E-state index contributed by atoms with van der Waals surface area (Å²) in [6, 6.07) is 8.02. The fourth-order valence-electron chi connectivity index (χ4n) is 4.08. The van der Waals surface area contributed by atoms with Gasteiger partial charge in [-0.25, -0.2) is 4.79 Å². The van der Waals surface area contributed by atoms with E-state index >= 15 is 0 Å². The van der Waals surface area contributed by atoms with E-state index in [1.807, 2.05) is 29.2 Å². The predicted molar refractivity (Wildman–Crippen MR) is 113 cm³/mol. The summed E-state index contributed by atoms with van der Waals surface area (Å²) >= 11 is 0. The van der Waals surface area contributed by atoms with Crippen molar-refractivity contribution in [1.29, 1.82) is 0 Å². The van der Waals surface area contributed by atoms with Gasteiger partial charge in [0.25, 0.3) is 0 Å². The van der Waals surface area contributed by atoms with E-state index in [1.54, 1.807) is 0 Å². The number of para-hydroxylation sites is 1. The first-order chi connectivity index (χ1) is 13.7. The van der Waals surface area contributed by atoms with Gasteiger partial charge in [0.2, 0.25) is 0 Å². The Morgan fingerprint density at radius 1 is 1.18 bits per heavy atom. The molecule has 6 heteroatoms. The molecule has 2 aliphatic heterocycles. The van der Waals surface area contributed by atoms with Crippen LogP contribution in [0.25, 0.3) is 0 Å². The van der Waals surface area contributed by atoms with Crippen molar-refractivity contribution < 1.29 is 9.53 Å². The molecule has 28 heavy (non-hydrogen) atoms. The van der Waals surface area contributed by atoms with E-state index in [0.29, 0.717) is 19.1 Å². The second-order valence-electron chi connectivity index (χ2n) is 8.17. The van der Waals surface area contributed by atoms with Crippen LogP contribution in [0.2, 0.25) is 0 Å². The first-order valence-electron chi connectivity index (χ1n) is 10.8. The molecule has 1 aromatic rings. The number of nitrogens with one attached hydrogen (secondary N) is 1. The van der Waals surface area contributed by atoms with Gasteiger partial charge in [-0.3, -0.25) is 0 Å². The fraction of sp³-hybridized carbons (Fsp3) is 0.682. The van der Waals surface area contributed by atoms with E-state index in [0.717, 1.165) is 70.0 Å². The largest absolute Gasteiger partial charge is 0.493 e. The molecule has 3 rings (SSSR count). The Morgan fingerprint density at radius 3 is 2.75 bits per heavy atom. The molecule has 0 spiro atoms. The summed E-state index contributed by atoms with van der Waals surface area (Å²) in [6.07, 6.45) is 3.30. The van der Waals surface area contributed by atoms with Crippen LogP contribution >= 0.6 is 0 Å². The Labute approximate surface area is 169 Å². The van der Waals surface area contributed by atoms with E-state index in [1.165, 1.54) is 6.42 Å². The number of likely N-dealkylation sites (tertiary alicyclic amines) is 1. The third kappa shape index (κ3) is 6.11. The first-order valence-corrected chi connectivity index (χ1v) is 10.8. The predicted octanol–water partition coefficient (Wildman–Crippen LogP) is 2.64. The van der Waals surface area contributed by atoms with Crippen molar-refractivity contribution in [3.8, 4) is 5.75 Å². The number of carbonyl (C=O) groups excluding carboxylic acids is 1. The van der Waals surface area contributed by atoms with Crippen LogP contribution in [0, 0.1) is 5.92 Å². The highest BCUT2D eigenvalue weighted by Gasteiger charge is 2.26. The maximum Gasteiger partial charge on any atom is 0.317 e. The maximum absolute atomic E-state index is 12.7. The molecular weight excluding hydrogens is 352 g/mol. The van der Waals surface area contributed by atoms with Crippen molar-refractivity contribution >= 4 is 6.03 Å². The summed E-state index contributed by atoms with van der Waals surface area (Å²) in [6.45, 7) is 10.7. The first kappa shape index (κ1) is 20.9. The molecule has 0 radical (unpaired) electrons. The lowest BCUT2D eigenvalue weighted by atomic mass is 9.97. The monoisotopic (exact) mass is 388 g/mol. The van der Waals surface area contributed by atoms with Crippen LogP contribution in [0.5, 0.6) is 5.75 Å². The minimum atomic E-state index is 0.0494. The highest BCUT2D eigenvalue weighted by molar-refractivity contribution is 5.74. The van der Waals surface area contributed by atoms with Gasteiger partial charge in [0, 0.05) is 57.9 Å². The Morgan fingerprint density at radius 2 is 1.96 bits per heavy atom. The lowest BCUT2D eigenvalue weighted by Crippen LogP contribution is -2.50. The minimum Gasteiger partial charge on any atom is -0.493 e. The second kappa shape index (κ2) is 10.7. The highest BCUT2D eigenvalue weighted by atomic mass is 16.5. The standard InChI is InChI=1S/C22H36N4O2/c1-3-15-28-21-9-5-4-8-20(21)16-23-22(27)26-10-6-7-19(18-26)17-25-13-11-24(2)12-14-25/h4-5,8-9,19H,3,6-7,10-18H2,1-2H3,(H,23,27). The van der Waals surface area contributed by atoms with Gasteiger partial charge in [-0.15, -0.1) is 0 Å². The number of benzene rings is 1. The quantitative estimate of drug-likeness (QED) is 0.780. The van der Waals surface area contributed by atoms with E-state index < -0.39 is 0 Å². The summed E-state index contributed by atoms with van der Waals surface area (Å²) in [5.74, 6) is 1.46. The topological polar surface area (TPSA) is 48.1 Å². The van der Waals surface area contributed by atoms with Gasteiger partial charge in [-0.2, -0.15) is 0 Å². The molecule has 0 bridgehead atoms. The average Bonchev–Trinajstić information content (AvgIpc) is 2.73. The van der Waals surface area contributed by atoms with E-state index in [2.05, 4.69) is 29.1 Å². The van der Waals surface area contributed by atoms with Crippen molar-refractivity contribution in [3.63, 3.8) is 0 Å². The number of ether oxygens (including phenoxy) is 1. The van der Waals surface area contributed by atoms with Gasteiger partial charge >= 0.3 is 6.03 Å². The summed E-state index contributed by atoms with van der Waals surface area (Å²) in [4.78, 5) is 19.7. The third-order valence-electron chi connectivity index (χ3n) is 5.78. The van der Waals surface area contributed by atoms with Crippen molar-refractivity contribution in [2.45, 2.75) is 32.7 Å². The smallest absolute Gasteiger partial charge is 0.317 e. The zero-order valence-corrected chi connectivity index (χ0v) is 17.5. The van der Waals surface area contributed by atoms with Crippen molar-refractivity contribution in [2.24, 2.45) is 5.92 Å². The molecule has 0 aliphatic carbocycles.